The molecular formula is C23H21F6N7O3. The number of nitrogens with one attached hydrogen (secondary N) is 1. The third-order valence-electron chi connectivity index (χ3n) is 6.79. The molecule has 2 aliphatic rings. The average Bonchev–Trinajstić information content (AvgIpc) is 3.43. The van der Waals surface area contributed by atoms with Gasteiger partial charge in [-0.15, -0.1) is 0 Å². The van der Waals surface area contributed by atoms with Crippen LogP contribution in [0.2, 0.25) is 0 Å². The van der Waals surface area contributed by atoms with Crippen molar-refractivity contribution in [2.45, 2.75) is 37.2 Å². The van der Waals surface area contributed by atoms with Crippen molar-refractivity contribution in [1.82, 2.24) is 29.8 Å². The van der Waals surface area contributed by atoms with E-state index >= 15 is 0 Å². The van der Waals surface area contributed by atoms with Gasteiger partial charge in [0.25, 0.3) is 5.91 Å². The first kappa shape index (κ1) is 26.5. The van der Waals surface area contributed by atoms with Crippen molar-refractivity contribution in [3.8, 4) is 17.1 Å². The lowest BCUT2D eigenvalue weighted by molar-refractivity contribution is -0.159. The van der Waals surface area contributed by atoms with E-state index in [1.807, 2.05) is 0 Å². The summed E-state index contributed by atoms with van der Waals surface area (Å²) < 4.78 is 88.1. The molecule has 0 spiro atoms. The van der Waals surface area contributed by atoms with Crippen LogP contribution in [0.3, 0.4) is 0 Å². The summed E-state index contributed by atoms with van der Waals surface area (Å²) in [7, 11) is 1.21. The number of nitrogen functional groups attached to an aromatic ring is 1. The monoisotopic (exact) mass is 557 g/mol. The number of alkyl halides is 6. The van der Waals surface area contributed by atoms with Gasteiger partial charge in [0.05, 0.1) is 31.0 Å². The van der Waals surface area contributed by atoms with Crippen LogP contribution in [-0.4, -0.2) is 74.6 Å². The van der Waals surface area contributed by atoms with E-state index in [2.05, 4.69) is 20.4 Å². The molecule has 0 bridgehead atoms. The highest BCUT2D eigenvalue weighted by Crippen LogP contribution is 2.43. The fourth-order valence-corrected chi connectivity index (χ4v) is 4.83. The van der Waals surface area contributed by atoms with Gasteiger partial charge in [0, 0.05) is 37.1 Å². The van der Waals surface area contributed by atoms with Crippen LogP contribution in [0, 0.1) is 5.92 Å². The summed E-state index contributed by atoms with van der Waals surface area (Å²) in [5.41, 5.74) is 3.80. The smallest absolute Gasteiger partial charge is 0.418 e. The first-order valence-electron chi connectivity index (χ1n) is 11.6. The van der Waals surface area contributed by atoms with E-state index < -0.39 is 71.8 Å². The van der Waals surface area contributed by atoms with E-state index in [-0.39, 0.29) is 35.8 Å². The molecule has 2 fully saturated rings. The third-order valence-corrected chi connectivity index (χ3v) is 6.79. The number of likely N-dealkylation sites (tertiary alicyclic amines) is 1. The molecule has 3 aromatic rings. The Balaban J connectivity index is 1.41. The lowest BCUT2D eigenvalue weighted by Gasteiger charge is -2.36. The number of fused-ring (bicyclic) bond motifs is 1. The lowest BCUT2D eigenvalue weighted by atomic mass is 9.80. The van der Waals surface area contributed by atoms with Crippen molar-refractivity contribution in [2.75, 3.05) is 25.9 Å². The van der Waals surface area contributed by atoms with Gasteiger partial charge in [-0.25, -0.2) is 27.7 Å². The van der Waals surface area contributed by atoms with Gasteiger partial charge >= 0.3 is 6.18 Å². The number of rotatable bonds is 5. The van der Waals surface area contributed by atoms with Crippen LogP contribution >= 0.6 is 0 Å². The normalized spacial score (nSPS) is 21.2. The molecule has 208 valence electrons. The van der Waals surface area contributed by atoms with Gasteiger partial charge in [-0.2, -0.15) is 18.3 Å². The van der Waals surface area contributed by atoms with Crippen LogP contribution in [0.1, 0.15) is 28.8 Å². The number of nitrogens with zero attached hydrogens (tertiary/aromatic N) is 5. The number of halogens is 6. The Morgan fingerprint density at radius 2 is 1.90 bits per heavy atom. The lowest BCUT2D eigenvalue weighted by Crippen LogP contribution is -2.47. The molecule has 0 unspecified atom stereocenters. The molecule has 2 amide bonds. The van der Waals surface area contributed by atoms with Gasteiger partial charge in [-0.1, -0.05) is 0 Å². The minimum Gasteiger partial charge on any atom is -0.480 e. The second-order valence-electron chi connectivity index (χ2n) is 9.43. The Morgan fingerprint density at radius 1 is 1.18 bits per heavy atom. The highest BCUT2D eigenvalue weighted by atomic mass is 19.4. The topological polar surface area (TPSA) is 128 Å². The number of ether oxygens (including phenoxy) is 1. The molecule has 39 heavy (non-hydrogen) atoms. The molecule has 1 aliphatic heterocycles. The molecule has 0 aromatic carbocycles. The molecule has 5 rings (SSSR count). The molecule has 3 N–H and O–H groups in total. The minimum atomic E-state index is -4.79. The van der Waals surface area contributed by atoms with Crippen LogP contribution in [0.15, 0.2) is 24.7 Å². The van der Waals surface area contributed by atoms with E-state index in [9.17, 15) is 35.9 Å². The SMILES string of the molecule is COc1ncc(-c2cc(C(F)(F)F)c3c(N)ncnn23)cc1C(=O)N[C@@H]1CN(C(=O)C2CC(F)(F)C2)C[C@H]1F. The number of pyridine rings is 1. The van der Waals surface area contributed by atoms with E-state index in [1.165, 1.54) is 13.2 Å². The Labute approximate surface area is 216 Å². The van der Waals surface area contributed by atoms with Crippen molar-refractivity contribution in [3.05, 3.63) is 35.8 Å². The second-order valence-corrected chi connectivity index (χ2v) is 9.43. The highest BCUT2D eigenvalue weighted by Gasteiger charge is 2.51. The molecule has 2 atom stereocenters. The molecule has 3 aromatic heterocycles. The average molecular weight is 557 g/mol. The summed E-state index contributed by atoms with van der Waals surface area (Å²) in [4.78, 5) is 34.3. The largest absolute Gasteiger partial charge is 0.480 e. The van der Waals surface area contributed by atoms with Crippen LogP contribution in [0.25, 0.3) is 16.8 Å². The Bertz CT molecular complexity index is 1450. The number of hydrogen-bond donors (Lipinski definition) is 2. The summed E-state index contributed by atoms with van der Waals surface area (Å²) in [6.07, 6.45) is -5.54. The van der Waals surface area contributed by atoms with Crippen molar-refractivity contribution in [3.63, 3.8) is 0 Å². The molecule has 10 nitrogen and oxygen atoms in total. The molecule has 1 aliphatic carbocycles. The number of hydrogen-bond acceptors (Lipinski definition) is 7. The fraction of sp³-hybridized carbons (Fsp3) is 0.435. The zero-order chi connectivity index (χ0) is 28.3. The third kappa shape index (κ3) is 4.78. The predicted octanol–water partition coefficient (Wildman–Crippen LogP) is 2.72. The maximum Gasteiger partial charge on any atom is 0.418 e. The number of nitrogens with two attached hydrogens (primary N) is 1. The van der Waals surface area contributed by atoms with Gasteiger partial charge in [-0.3, -0.25) is 9.59 Å². The standard InChI is InChI=1S/C23H21F6N7O3/c1-39-20-12(19(37)34-15-8-35(7-14(15)24)21(38)11-4-22(25,26)5-11)2-10(6-31-20)16-3-13(23(27,28)29)17-18(30)32-9-33-36(16)17/h2-3,6,9,11,14-15H,4-5,7-8H2,1H3,(H,34,37)(H2,30,32,33)/t14-,15-/m1/s1. The van der Waals surface area contributed by atoms with Crippen LogP contribution in [0.4, 0.5) is 32.2 Å². The molecule has 4 heterocycles. The summed E-state index contributed by atoms with van der Waals surface area (Å²) >= 11 is 0. The van der Waals surface area contributed by atoms with E-state index in [0.29, 0.717) is 0 Å². The molecular weight excluding hydrogens is 536 g/mol. The van der Waals surface area contributed by atoms with Crippen LogP contribution < -0.4 is 15.8 Å². The van der Waals surface area contributed by atoms with Crippen molar-refractivity contribution >= 4 is 23.1 Å². The summed E-state index contributed by atoms with van der Waals surface area (Å²) in [6, 6.07) is 0.824. The van der Waals surface area contributed by atoms with Crippen molar-refractivity contribution in [1.29, 1.82) is 0 Å². The minimum absolute atomic E-state index is 0.0375. The maximum atomic E-state index is 14.7. The quantitative estimate of drug-likeness (QED) is 0.462. The Hall–Kier alpha value is -4.11. The fourth-order valence-electron chi connectivity index (χ4n) is 4.83. The molecule has 1 saturated carbocycles. The molecule has 0 radical (unpaired) electrons. The number of amides is 2. The van der Waals surface area contributed by atoms with E-state index in [1.54, 1.807) is 0 Å². The van der Waals surface area contributed by atoms with Gasteiger partial charge in [0.15, 0.2) is 5.82 Å². The molecule has 1 saturated heterocycles. The summed E-state index contributed by atoms with van der Waals surface area (Å²) in [5.74, 6) is -5.91. The maximum absolute atomic E-state index is 14.7. The van der Waals surface area contributed by atoms with Gasteiger partial charge in [-0.05, 0) is 12.1 Å². The first-order chi connectivity index (χ1) is 18.3. The first-order valence-corrected chi connectivity index (χ1v) is 11.6. The van der Waals surface area contributed by atoms with Crippen molar-refractivity contribution < 1.29 is 40.7 Å². The second kappa shape index (κ2) is 9.27. The zero-order valence-corrected chi connectivity index (χ0v) is 20.2. The van der Waals surface area contributed by atoms with Gasteiger partial charge in [0.1, 0.15) is 23.6 Å². The Morgan fingerprint density at radius 3 is 2.54 bits per heavy atom. The van der Waals surface area contributed by atoms with E-state index in [0.717, 1.165) is 28.0 Å². The Kier molecular flexibility index (Phi) is 6.30. The highest BCUT2D eigenvalue weighted by molar-refractivity contribution is 5.98. The summed E-state index contributed by atoms with van der Waals surface area (Å²) in [5, 5.41) is 6.30. The number of anilines is 1. The van der Waals surface area contributed by atoms with Crippen molar-refractivity contribution in [2.24, 2.45) is 5.92 Å². The predicted molar refractivity (Wildman–Crippen MR) is 123 cm³/mol. The number of methoxy groups -OCH3 is 1. The number of aromatic nitrogens is 4. The van der Waals surface area contributed by atoms with Crippen LogP contribution in [0.5, 0.6) is 5.88 Å². The van der Waals surface area contributed by atoms with Gasteiger partial charge in [0.2, 0.25) is 17.7 Å². The summed E-state index contributed by atoms with van der Waals surface area (Å²) in [6.45, 7) is -0.615. The molecule has 16 heteroatoms. The number of carbonyl (C=O) groups is 2. The zero-order valence-electron chi connectivity index (χ0n) is 20.2. The van der Waals surface area contributed by atoms with E-state index in [4.69, 9.17) is 10.5 Å². The number of carbonyl (C=O) groups excluding carboxylic acids is 2. The van der Waals surface area contributed by atoms with Crippen LogP contribution in [-0.2, 0) is 11.0 Å². The van der Waals surface area contributed by atoms with Gasteiger partial charge < -0.3 is 20.7 Å².